The van der Waals surface area contributed by atoms with Crippen LogP contribution in [0.1, 0.15) is 36.0 Å². The summed E-state index contributed by atoms with van der Waals surface area (Å²) in [6.07, 6.45) is 3.26. The molecule has 1 fully saturated rings. The third-order valence-corrected chi connectivity index (χ3v) is 3.89. The van der Waals surface area contributed by atoms with Gasteiger partial charge in [-0.2, -0.15) is 0 Å². The Balaban J connectivity index is 1.89. The zero-order chi connectivity index (χ0) is 13.8. The zero-order valence-electron chi connectivity index (χ0n) is 10.6. The first-order valence-electron chi connectivity index (χ1n) is 6.51. The van der Waals surface area contributed by atoms with Crippen LogP contribution in [0.3, 0.4) is 0 Å². The number of aliphatic hydroxyl groups is 1. The number of aromatic hydroxyl groups is 1. The molecular formula is C14H18ClNO3. The van der Waals surface area contributed by atoms with Crippen LogP contribution in [0.2, 0.25) is 5.02 Å². The number of aliphatic hydroxyl groups excluding tert-OH is 1. The smallest absolute Gasteiger partial charge is 0.252 e. The Morgan fingerprint density at radius 2 is 2.00 bits per heavy atom. The van der Waals surface area contributed by atoms with Crippen molar-refractivity contribution in [2.45, 2.75) is 31.8 Å². The maximum absolute atomic E-state index is 12.0. The second-order valence-corrected chi connectivity index (χ2v) is 5.46. The molecule has 1 saturated carbocycles. The third kappa shape index (κ3) is 3.85. The predicted molar refractivity (Wildman–Crippen MR) is 73.4 cm³/mol. The summed E-state index contributed by atoms with van der Waals surface area (Å²) in [5.41, 5.74) is 0.289. The molecule has 104 valence electrons. The number of amides is 1. The third-order valence-electron chi connectivity index (χ3n) is 3.56. The molecule has 5 heteroatoms. The van der Waals surface area contributed by atoms with E-state index in [9.17, 15) is 15.0 Å². The highest BCUT2D eigenvalue weighted by Crippen LogP contribution is 2.24. The van der Waals surface area contributed by atoms with Crippen molar-refractivity contribution in [3.63, 3.8) is 0 Å². The van der Waals surface area contributed by atoms with Crippen LogP contribution in [0, 0.1) is 5.92 Å². The minimum Gasteiger partial charge on any atom is -0.508 e. The van der Waals surface area contributed by atoms with Crippen molar-refractivity contribution in [1.29, 1.82) is 0 Å². The maximum atomic E-state index is 12.0. The van der Waals surface area contributed by atoms with Gasteiger partial charge in [0.1, 0.15) is 5.75 Å². The number of nitrogens with one attached hydrogen (secondary N) is 1. The lowest BCUT2D eigenvalue weighted by Gasteiger charge is -2.25. The topological polar surface area (TPSA) is 69.6 Å². The van der Waals surface area contributed by atoms with Crippen LogP contribution in [0.25, 0.3) is 0 Å². The Hall–Kier alpha value is -1.26. The van der Waals surface area contributed by atoms with E-state index < -0.39 is 0 Å². The van der Waals surface area contributed by atoms with Gasteiger partial charge in [-0.1, -0.05) is 11.6 Å². The predicted octanol–water partition coefficient (Wildman–Crippen LogP) is 2.33. The van der Waals surface area contributed by atoms with E-state index >= 15 is 0 Å². The lowest BCUT2D eigenvalue weighted by Crippen LogP contribution is -2.32. The molecule has 1 aromatic rings. The molecule has 1 aliphatic rings. The number of carbonyl (C=O) groups excluding carboxylic acids is 1. The van der Waals surface area contributed by atoms with E-state index in [1.807, 2.05) is 0 Å². The number of halogens is 1. The number of hydrogen-bond acceptors (Lipinski definition) is 3. The van der Waals surface area contributed by atoms with Crippen LogP contribution in [-0.2, 0) is 0 Å². The van der Waals surface area contributed by atoms with Crippen molar-refractivity contribution >= 4 is 17.5 Å². The normalized spacial score (nSPS) is 23.1. The maximum Gasteiger partial charge on any atom is 0.252 e. The molecule has 0 aromatic heterocycles. The molecule has 0 heterocycles. The fraction of sp³-hybridized carbons (Fsp3) is 0.500. The molecule has 0 bridgehead atoms. The molecule has 1 aliphatic carbocycles. The van der Waals surface area contributed by atoms with Gasteiger partial charge in [-0.05, 0) is 49.8 Å². The lowest BCUT2D eigenvalue weighted by atomic mass is 9.87. The van der Waals surface area contributed by atoms with E-state index in [0.717, 1.165) is 25.7 Å². The lowest BCUT2D eigenvalue weighted by molar-refractivity contribution is 0.0910. The van der Waals surface area contributed by atoms with Crippen molar-refractivity contribution in [1.82, 2.24) is 5.32 Å². The quantitative estimate of drug-likeness (QED) is 0.797. The molecule has 4 nitrogen and oxygen atoms in total. The summed E-state index contributed by atoms with van der Waals surface area (Å²) < 4.78 is 0. The number of hydrogen-bond donors (Lipinski definition) is 3. The summed E-state index contributed by atoms with van der Waals surface area (Å²) in [5, 5.41) is 21.9. The highest BCUT2D eigenvalue weighted by molar-refractivity contribution is 6.33. The average Bonchev–Trinajstić information content (AvgIpc) is 2.40. The van der Waals surface area contributed by atoms with E-state index in [0.29, 0.717) is 17.5 Å². The Labute approximate surface area is 117 Å². The molecule has 0 radical (unpaired) electrons. The van der Waals surface area contributed by atoms with E-state index in [1.54, 1.807) is 0 Å². The summed E-state index contributed by atoms with van der Waals surface area (Å²) in [6.45, 7) is 0.581. The van der Waals surface area contributed by atoms with Crippen LogP contribution in [0.15, 0.2) is 18.2 Å². The molecule has 0 spiro atoms. The van der Waals surface area contributed by atoms with Crippen molar-refractivity contribution in [3.05, 3.63) is 28.8 Å². The fourth-order valence-electron chi connectivity index (χ4n) is 2.37. The Morgan fingerprint density at radius 3 is 2.68 bits per heavy atom. The van der Waals surface area contributed by atoms with Gasteiger partial charge in [-0.15, -0.1) is 0 Å². The van der Waals surface area contributed by atoms with Crippen LogP contribution >= 0.6 is 11.6 Å². The van der Waals surface area contributed by atoms with Crippen LogP contribution in [0.5, 0.6) is 5.75 Å². The van der Waals surface area contributed by atoms with Crippen LogP contribution in [0.4, 0.5) is 0 Å². The number of phenolic OH excluding ortho intramolecular Hbond substituents is 1. The van der Waals surface area contributed by atoms with E-state index in [-0.39, 0.29) is 23.3 Å². The second-order valence-electron chi connectivity index (χ2n) is 5.05. The average molecular weight is 284 g/mol. The molecule has 19 heavy (non-hydrogen) atoms. The summed E-state index contributed by atoms with van der Waals surface area (Å²) in [6, 6.07) is 4.31. The highest BCUT2D eigenvalue weighted by atomic mass is 35.5. The van der Waals surface area contributed by atoms with E-state index in [1.165, 1.54) is 18.2 Å². The van der Waals surface area contributed by atoms with Gasteiger partial charge in [0, 0.05) is 6.54 Å². The summed E-state index contributed by atoms with van der Waals surface area (Å²) in [5.74, 6) is 0.158. The zero-order valence-corrected chi connectivity index (χ0v) is 11.4. The van der Waals surface area contributed by atoms with Gasteiger partial charge in [0.15, 0.2) is 0 Å². The van der Waals surface area contributed by atoms with E-state index in [4.69, 9.17) is 11.6 Å². The Bertz CT molecular complexity index is 456. The van der Waals surface area contributed by atoms with Gasteiger partial charge in [-0.3, -0.25) is 4.79 Å². The van der Waals surface area contributed by atoms with E-state index in [2.05, 4.69) is 5.32 Å². The Morgan fingerprint density at radius 1 is 1.32 bits per heavy atom. The largest absolute Gasteiger partial charge is 0.508 e. The standard InChI is InChI=1S/C14H18ClNO3/c15-13-6-5-11(18)7-12(13)14(19)16-8-9-1-3-10(17)4-2-9/h5-7,9-10,17-18H,1-4,8H2,(H,16,19). The van der Waals surface area contributed by atoms with Crippen molar-refractivity contribution in [2.75, 3.05) is 6.54 Å². The molecule has 2 rings (SSSR count). The first kappa shape index (κ1) is 14.2. The van der Waals surface area contributed by atoms with Crippen LogP contribution in [-0.4, -0.2) is 28.8 Å². The van der Waals surface area contributed by atoms with Gasteiger partial charge in [0.2, 0.25) is 0 Å². The minimum absolute atomic E-state index is 0.0235. The van der Waals surface area contributed by atoms with Crippen molar-refractivity contribution < 1.29 is 15.0 Å². The molecule has 0 atom stereocenters. The van der Waals surface area contributed by atoms with Gasteiger partial charge in [0.05, 0.1) is 16.7 Å². The second kappa shape index (κ2) is 6.26. The van der Waals surface area contributed by atoms with Gasteiger partial charge in [-0.25, -0.2) is 0 Å². The number of phenols is 1. The monoisotopic (exact) mass is 283 g/mol. The Kier molecular flexibility index (Phi) is 4.66. The van der Waals surface area contributed by atoms with Crippen molar-refractivity contribution in [2.24, 2.45) is 5.92 Å². The van der Waals surface area contributed by atoms with Crippen molar-refractivity contribution in [3.8, 4) is 5.75 Å². The number of rotatable bonds is 3. The molecule has 1 aromatic carbocycles. The first-order valence-corrected chi connectivity index (χ1v) is 6.89. The first-order chi connectivity index (χ1) is 9.06. The summed E-state index contributed by atoms with van der Waals surface area (Å²) in [4.78, 5) is 12.0. The molecule has 3 N–H and O–H groups in total. The van der Waals surface area contributed by atoms with Crippen LogP contribution < -0.4 is 5.32 Å². The highest BCUT2D eigenvalue weighted by Gasteiger charge is 2.20. The minimum atomic E-state index is -0.271. The number of benzene rings is 1. The molecule has 0 aliphatic heterocycles. The fourth-order valence-corrected chi connectivity index (χ4v) is 2.57. The number of carbonyl (C=O) groups is 1. The summed E-state index contributed by atoms with van der Waals surface area (Å²) in [7, 11) is 0. The molecular weight excluding hydrogens is 266 g/mol. The van der Waals surface area contributed by atoms with Gasteiger partial charge in [0.25, 0.3) is 5.91 Å². The molecule has 1 amide bonds. The molecule has 0 unspecified atom stereocenters. The van der Waals surface area contributed by atoms with Gasteiger partial charge < -0.3 is 15.5 Å². The summed E-state index contributed by atoms with van der Waals surface area (Å²) >= 11 is 5.93. The van der Waals surface area contributed by atoms with Gasteiger partial charge >= 0.3 is 0 Å². The SMILES string of the molecule is O=C(NCC1CCC(O)CC1)c1cc(O)ccc1Cl. The molecule has 0 saturated heterocycles.